The number of alkyl halides is 3. The van der Waals surface area contributed by atoms with Crippen LogP contribution in [0.3, 0.4) is 0 Å². The third kappa shape index (κ3) is 5.62. The van der Waals surface area contributed by atoms with Crippen LogP contribution in [0.25, 0.3) is 5.78 Å². The van der Waals surface area contributed by atoms with E-state index in [0.717, 1.165) is 23.9 Å². The molecule has 0 radical (unpaired) electrons. The van der Waals surface area contributed by atoms with Crippen LogP contribution in [-0.4, -0.2) is 67.9 Å². The van der Waals surface area contributed by atoms with Crippen molar-refractivity contribution in [1.29, 1.82) is 0 Å². The van der Waals surface area contributed by atoms with E-state index in [1.165, 1.54) is 0 Å². The molecule has 2 amide bonds. The highest BCUT2D eigenvalue weighted by Crippen LogP contribution is 2.27. The van der Waals surface area contributed by atoms with Gasteiger partial charge in [-0.25, -0.2) is 9.50 Å². The highest BCUT2D eigenvalue weighted by Gasteiger charge is 2.37. The van der Waals surface area contributed by atoms with Gasteiger partial charge in [0.1, 0.15) is 0 Å². The van der Waals surface area contributed by atoms with E-state index in [4.69, 9.17) is 0 Å². The first kappa shape index (κ1) is 24.9. The third-order valence-corrected chi connectivity index (χ3v) is 6.31. The molecule has 0 unspecified atom stereocenters. The molecule has 0 atom stereocenters. The minimum absolute atomic E-state index is 0.0336. The fourth-order valence-electron chi connectivity index (χ4n) is 4.27. The molecule has 0 bridgehead atoms. The Labute approximate surface area is 191 Å². The molecule has 1 fully saturated rings. The number of likely N-dealkylation sites (tertiary alicyclic amines) is 1. The Kier molecular flexibility index (Phi) is 7.58. The van der Waals surface area contributed by atoms with Crippen LogP contribution in [0.4, 0.5) is 13.2 Å². The first-order valence-corrected chi connectivity index (χ1v) is 11.4. The van der Waals surface area contributed by atoms with Crippen LogP contribution >= 0.6 is 0 Å². The van der Waals surface area contributed by atoms with Gasteiger partial charge in [-0.15, -0.1) is 5.10 Å². The molecule has 0 aliphatic carbocycles. The summed E-state index contributed by atoms with van der Waals surface area (Å²) in [6, 6.07) is 0. The summed E-state index contributed by atoms with van der Waals surface area (Å²) >= 11 is 0. The molecule has 0 saturated carbocycles. The summed E-state index contributed by atoms with van der Waals surface area (Å²) in [6.45, 7) is 7.25. The number of hydrogen-bond acceptors (Lipinski definition) is 5. The largest absolute Gasteiger partial charge is 0.453 e. The number of halogens is 3. The molecule has 1 aliphatic heterocycles. The van der Waals surface area contributed by atoms with Crippen LogP contribution in [0.15, 0.2) is 0 Å². The van der Waals surface area contributed by atoms with Crippen molar-refractivity contribution in [3.63, 3.8) is 0 Å². The van der Waals surface area contributed by atoms with E-state index in [1.54, 1.807) is 23.6 Å². The van der Waals surface area contributed by atoms with Crippen LogP contribution in [0, 0.1) is 19.8 Å². The van der Waals surface area contributed by atoms with Crippen molar-refractivity contribution in [3.8, 4) is 0 Å². The second-order valence-electron chi connectivity index (χ2n) is 8.67. The topological polar surface area (TPSA) is 83.7 Å². The number of carbonyl (C=O) groups is 2. The summed E-state index contributed by atoms with van der Waals surface area (Å²) < 4.78 is 40.0. The van der Waals surface area contributed by atoms with Crippen molar-refractivity contribution in [3.05, 3.63) is 22.8 Å². The number of fused-ring (bicyclic) bond motifs is 1. The van der Waals surface area contributed by atoms with E-state index in [-0.39, 0.29) is 29.9 Å². The van der Waals surface area contributed by atoms with Gasteiger partial charge in [-0.05, 0) is 45.1 Å². The van der Waals surface area contributed by atoms with E-state index >= 15 is 0 Å². The zero-order valence-corrected chi connectivity index (χ0v) is 19.6. The Bertz CT molecular complexity index is 1010. The van der Waals surface area contributed by atoms with Crippen molar-refractivity contribution in [2.75, 3.05) is 26.7 Å². The molecular formula is C22H31F3N6O2. The minimum Gasteiger partial charge on any atom is -0.346 e. The molecule has 2 aromatic heterocycles. The number of piperidine rings is 1. The molecule has 0 aromatic carbocycles. The lowest BCUT2D eigenvalue weighted by Crippen LogP contribution is -2.43. The maximum Gasteiger partial charge on any atom is 0.453 e. The number of aryl methyl sites for hydroxylation is 2. The number of hydrogen-bond donors (Lipinski definition) is 0. The summed E-state index contributed by atoms with van der Waals surface area (Å²) in [5, 5.41) is 3.55. The van der Waals surface area contributed by atoms with Gasteiger partial charge in [0.15, 0.2) is 0 Å². The minimum atomic E-state index is -4.65. The molecule has 33 heavy (non-hydrogen) atoms. The highest BCUT2D eigenvalue weighted by molar-refractivity contribution is 5.80. The highest BCUT2D eigenvalue weighted by atomic mass is 19.4. The Morgan fingerprint density at radius 2 is 1.82 bits per heavy atom. The molecule has 1 saturated heterocycles. The van der Waals surface area contributed by atoms with Crippen molar-refractivity contribution < 1.29 is 22.8 Å². The summed E-state index contributed by atoms with van der Waals surface area (Å²) in [5.74, 6) is -1.28. The quantitative estimate of drug-likeness (QED) is 0.623. The molecule has 2 aromatic rings. The standard InChI is InChI=1S/C22H31F3N6O2/c1-5-6-11-29(4)19(33)16-9-12-30(13-10-16)18(32)8-7-17-14(2)26-21-27-20(22(23,24)25)28-31(21)15(17)3/h16H,5-13H2,1-4H3. The zero-order chi connectivity index (χ0) is 24.3. The van der Waals surface area contributed by atoms with Gasteiger partial charge in [-0.2, -0.15) is 18.2 Å². The zero-order valence-electron chi connectivity index (χ0n) is 19.6. The maximum atomic E-state index is 13.0. The monoisotopic (exact) mass is 468 g/mol. The number of aromatic nitrogens is 4. The number of carbonyl (C=O) groups excluding carboxylic acids is 2. The molecule has 3 heterocycles. The van der Waals surface area contributed by atoms with Crippen molar-refractivity contribution in [2.24, 2.45) is 5.92 Å². The van der Waals surface area contributed by atoms with E-state index in [0.29, 0.717) is 49.3 Å². The molecule has 3 rings (SSSR count). The van der Waals surface area contributed by atoms with Gasteiger partial charge in [0, 0.05) is 50.4 Å². The van der Waals surface area contributed by atoms with Crippen LogP contribution in [-0.2, 0) is 22.2 Å². The van der Waals surface area contributed by atoms with Gasteiger partial charge in [0.2, 0.25) is 11.8 Å². The Morgan fingerprint density at radius 3 is 2.42 bits per heavy atom. The van der Waals surface area contributed by atoms with E-state index in [1.807, 2.05) is 7.05 Å². The molecule has 8 nitrogen and oxygen atoms in total. The van der Waals surface area contributed by atoms with Gasteiger partial charge >= 0.3 is 6.18 Å². The van der Waals surface area contributed by atoms with E-state index in [9.17, 15) is 22.8 Å². The predicted octanol–water partition coefficient (Wildman–Crippen LogP) is 3.19. The lowest BCUT2D eigenvalue weighted by Gasteiger charge is -2.33. The summed E-state index contributed by atoms with van der Waals surface area (Å²) in [5.41, 5.74) is 1.72. The summed E-state index contributed by atoms with van der Waals surface area (Å²) in [7, 11) is 1.83. The second kappa shape index (κ2) is 10.0. The molecule has 11 heteroatoms. The normalized spacial score (nSPS) is 15.3. The molecule has 1 aliphatic rings. The van der Waals surface area contributed by atoms with Gasteiger partial charge in [-0.3, -0.25) is 9.59 Å². The fraction of sp³-hybridized carbons (Fsp3) is 0.682. The number of unbranched alkanes of at least 4 members (excludes halogenated alkanes) is 1. The van der Waals surface area contributed by atoms with Crippen LogP contribution in [0.1, 0.15) is 61.8 Å². The predicted molar refractivity (Wildman–Crippen MR) is 115 cm³/mol. The summed E-state index contributed by atoms with van der Waals surface area (Å²) in [4.78, 5) is 36.5. The Hall–Kier alpha value is -2.72. The number of nitrogens with zero attached hydrogens (tertiary/aromatic N) is 6. The average molecular weight is 469 g/mol. The van der Waals surface area contributed by atoms with Gasteiger partial charge < -0.3 is 9.80 Å². The molecule has 182 valence electrons. The van der Waals surface area contributed by atoms with Crippen LogP contribution in [0.2, 0.25) is 0 Å². The number of amides is 2. The molecule has 0 N–H and O–H groups in total. The van der Waals surface area contributed by atoms with E-state index < -0.39 is 12.0 Å². The van der Waals surface area contributed by atoms with Crippen LogP contribution < -0.4 is 0 Å². The second-order valence-corrected chi connectivity index (χ2v) is 8.67. The first-order chi connectivity index (χ1) is 15.5. The fourth-order valence-corrected chi connectivity index (χ4v) is 4.27. The first-order valence-electron chi connectivity index (χ1n) is 11.4. The van der Waals surface area contributed by atoms with Crippen molar-refractivity contribution >= 4 is 17.6 Å². The van der Waals surface area contributed by atoms with Gasteiger partial charge in [0.05, 0.1) is 0 Å². The lowest BCUT2D eigenvalue weighted by atomic mass is 9.94. The maximum absolute atomic E-state index is 13.0. The average Bonchev–Trinajstić information content (AvgIpc) is 3.21. The molecular weight excluding hydrogens is 437 g/mol. The van der Waals surface area contributed by atoms with Gasteiger partial charge in [-0.1, -0.05) is 13.3 Å². The Morgan fingerprint density at radius 1 is 1.15 bits per heavy atom. The van der Waals surface area contributed by atoms with Crippen molar-refractivity contribution in [1.82, 2.24) is 29.4 Å². The van der Waals surface area contributed by atoms with Crippen LogP contribution in [0.5, 0.6) is 0 Å². The smallest absolute Gasteiger partial charge is 0.346 e. The SMILES string of the molecule is CCCCN(C)C(=O)C1CCN(C(=O)CCc2c(C)nc3nc(C(F)(F)F)nn3c2C)CC1. The van der Waals surface area contributed by atoms with E-state index in [2.05, 4.69) is 22.0 Å². The third-order valence-electron chi connectivity index (χ3n) is 6.31. The van der Waals surface area contributed by atoms with Gasteiger partial charge in [0.25, 0.3) is 11.6 Å². The molecule has 0 spiro atoms. The number of rotatable bonds is 7. The summed E-state index contributed by atoms with van der Waals surface area (Å²) in [6.07, 6.45) is -0.790. The Balaban J connectivity index is 1.59. The lowest BCUT2D eigenvalue weighted by molar-refractivity contribution is -0.144. The van der Waals surface area contributed by atoms with Crippen molar-refractivity contribution in [2.45, 2.75) is 65.5 Å².